The van der Waals surface area contributed by atoms with Crippen LogP contribution in [-0.2, 0) is 16.1 Å². The minimum atomic E-state index is -1.06. The van der Waals surface area contributed by atoms with E-state index in [1.807, 2.05) is 0 Å². The summed E-state index contributed by atoms with van der Waals surface area (Å²) in [5, 5.41) is 8.72. The van der Waals surface area contributed by atoms with Crippen molar-refractivity contribution in [2.45, 2.75) is 26.8 Å². The Morgan fingerprint density at radius 3 is 2.57 bits per heavy atom. The van der Waals surface area contributed by atoms with Gasteiger partial charge in [0.2, 0.25) is 5.91 Å². The summed E-state index contributed by atoms with van der Waals surface area (Å²) in [6, 6.07) is 3.69. The van der Waals surface area contributed by atoms with Crippen molar-refractivity contribution in [3.63, 3.8) is 0 Å². The maximum Gasteiger partial charge on any atom is 0.305 e. The van der Waals surface area contributed by atoms with Crippen molar-refractivity contribution < 1.29 is 23.5 Å². The summed E-state index contributed by atoms with van der Waals surface area (Å²) in [6.45, 7) is 3.00. The van der Waals surface area contributed by atoms with Crippen LogP contribution in [0.3, 0.4) is 0 Å². The van der Waals surface area contributed by atoms with Crippen molar-refractivity contribution in [3.8, 4) is 0 Å². The molecule has 6 heteroatoms. The summed E-state index contributed by atoms with van der Waals surface area (Å²) in [7, 11) is 0. The van der Waals surface area contributed by atoms with Gasteiger partial charge < -0.3 is 10.0 Å². The quantitative estimate of drug-likeness (QED) is 0.821. The van der Waals surface area contributed by atoms with E-state index in [0.29, 0.717) is 5.57 Å². The molecule has 4 nitrogen and oxygen atoms in total. The lowest BCUT2D eigenvalue weighted by Crippen LogP contribution is -2.33. The lowest BCUT2D eigenvalue weighted by atomic mass is 10.1. The largest absolute Gasteiger partial charge is 0.481 e. The molecule has 1 aromatic rings. The lowest BCUT2D eigenvalue weighted by molar-refractivity contribution is -0.138. The maximum absolute atomic E-state index is 13.7. The van der Waals surface area contributed by atoms with Crippen molar-refractivity contribution in [2.75, 3.05) is 6.54 Å². The molecular weight excluding hydrogens is 280 g/mol. The van der Waals surface area contributed by atoms with E-state index in [2.05, 4.69) is 0 Å². The highest BCUT2D eigenvalue weighted by Crippen LogP contribution is 2.15. The minimum Gasteiger partial charge on any atom is -0.481 e. The molecule has 1 N–H and O–H groups in total. The van der Waals surface area contributed by atoms with Crippen LogP contribution in [0, 0.1) is 11.6 Å². The van der Waals surface area contributed by atoms with Gasteiger partial charge >= 0.3 is 5.97 Å². The van der Waals surface area contributed by atoms with Gasteiger partial charge in [-0.1, -0.05) is 18.2 Å². The monoisotopic (exact) mass is 297 g/mol. The number of carbonyl (C=O) groups excluding carboxylic acids is 1. The topological polar surface area (TPSA) is 57.6 Å². The Morgan fingerprint density at radius 1 is 1.33 bits per heavy atom. The normalized spacial score (nSPS) is 11.3. The molecule has 1 rings (SSSR count). The van der Waals surface area contributed by atoms with Crippen LogP contribution in [-0.4, -0.2) is 28.4 Å². The average Bonchev–Trinajstić information content (AvgIpc) is 2.45. The lowest BCUT2D eigenvalue weighted by Gasteiger charge is -2.22. The summed E-state index contributed by atoms with van der Waals surface area (Å²) in [5.41, 5.74) is 0.426. The number of aliphatic carboxylic acids is 1. The number of halogens is 2. The maximum atomic E-state index is 13.7. The zero-order valence-electron chi connectivity index (χ0n) is 11.9. The smallest absolute Gasteiger partial charge is 0.305 e. The first kappa shape index (κ1) is 16.8. The highest BCUT2D eigenvalue weighted by molar-refractivity contribution is 5.92. The molecule has 0 heterocycles. The molecule has 0 bridgehead atoms. The standard InChI is InChI=1S/C15H17F2NO3/c1-3-10(2)15(21)18(8-7-13(19)20)9-11-5-4-6-12(16)14(11)17/h3-6H,7-9H2,1-2H3,(H,19,20). The summed E-state index contributed by atoms with van der Waals surface area (Å²) < 4.78 is 26.8. The van der Waals surface area contributed by atoms with E-state index in [1.54, 1.807) is 19.9 Å². The van der Waals surface area contributed by atoms with Gasteiger partial charge in [-0.05, 0) is 19.9 Å². The third kappa shape index (κ3) is 4.66. The predicted octanol–water partition coefficient (Wildman–Crippen LogP) is 2.73. The van der Waals surface area contributed by atoms with Gasteiger partial charge in [0, 0.05) is 24.2 Å². The average molecular weight is 297 g/mol. The van der Waals surface area contributed by atoms with Gasteiger partial charge in [0.1, 0.15) is 0 Å². The van der Waals surface area contributed by atoms with E-state index < -0.39 is 23.5 Å². The molecule has 0 aliphatic rings. The molecular formula is C15H17F2NO3. The molecule has 0 aromatic heterocycles. The third-order valence-corrected chi connectivity index (χ3v) is 3.05. The molecule has 0 saturated carbocycles. The number of carbonyl (C=O) groups is 2. The Kier molecular flexibility index (Phi) is 6.02. The van der Waals surface area contributed by atoms with E-state index in [1.165, 1.54) is 17.0 Å². The predicted molar refractivity (Wildman–Crippen MR) is 73.5 cm³/mol. The fourth-order valence-corrected chi connectivity index (χ4v) is 1.73. The number of benzene rings is 1. The Bertz CT molecular complexity index is 570. The zero-order chi connectivity index (χ0) is 16.0. The molecule has 0 saturated heterocycles. The van der Waals surface area contributed by atoms with Gasteiger partial charge in [-0.25, -0.2) is 8.78 Å². The van der Waals surface area contributed by atoms with Crippen molar-refractivity contribution in [2.24, 2.45) is 0 Å². The van der Waals surface area contributed by atoms with Gasteiger partial charge in [0.05, 0.1) is 6.42 Å². The Balaban J connectivity index is 2.98. The second-order valence-electron chi connectivity index (χ2n) is 4.56. The second kappa shape index (κ2) is 7.52. The van der Waals surface area contributed by atoms with Crippen molar-refractivity contribution in [3.05, 3.63) is 47.0 Å². The van der Waals surface area contributed by atoms with Gasteiger partial charge in [-0.2, -0.15) is 0 Å². The van der Waals surface area contributed by atoms with Gasteiger partial charge in [-0.3, -0.25) is 9.59 Å². The number of allylic oxidation sites excluding steroid dienone is 1. The van der Waals surface area contributed by atoms with E-state index >= 15 is 0 Å². The molecule has 1 aromatic carbocycles. The Hall–Kier alpha value is -2.24. The van der Waals surface area contributed by atoms with Gasteiger partial charge in [0.15, 0.2) is 11.6 Å². The molecule has 0 fully saturated rings. The molecule has 0 spiro atoms. The number of carboxylic acids is 1. The summed E-state index contributed by atoms with van der Waals surface area (Å²) >= 11 is 0. The number of hydrogen-bond acceptors (Lipinski definition) is 2. The highest BCUT2D eigenvalue weighted by atomic mass is 19.2. The number of rotatable bonds is 6. The Morgan fingerprint density at radius 2 is 2.00 bits per heavy atom. The number of carboxylic acid groups (broad SMARTS) is 1. The van der Waals surface area contributed by atoms with E-state index in [9.17, 15) is 18.4 Å². The van der Waals surface area contributed by atoms with Crippen LogP contribution < -0.4 is 0 Å². The van der Waals surface area contributed by atoms with Crippen LogP contribution in [0.1, 0.15) is 25.8 Å². The van der Waals surface area contributed by atoms with Crippen LogP contribution in [0.5, 0.6) is 0 Å². The first-order chi connectivity index (χ1) is 9.86. The zero-order valence-corrected chi connectivity index (χ0v) is 11.9. The van der Waals surface area contributed by atoms with Crippen LogP contribution >= 0.6 is 0 Å². The first-order valence-corrected chi connectivity index (χ1v) is 6.43. The first-order valence-electron chi connectivity index (χ1n) is 6.43. The summed E-state index contributed by atoms with van der Waals surface area (Å²) in [4.78, 5) is 24.0. The number of amides is 1. The molecule has 0 radical (unpaired) electrons. The minimum absolute atomic E-state index is 0.0117. The summed E-state index contributed by atoms with van der Waals surface area (Å²) in [5.74, 6) is -3.49. The van der Waals surface area contributed by atoms with Gasteiger partial charge in [0.25, 0.3) is 0 Å². The van der Waals surface area contributed by atoms with Crippen LogP contribution in [0.15, 0.2) is 29.8 Å². The van der Waals surface area contributed by atoms with Gasteiger partial charge in [-0.15, -0.1) is 0 Å². The van der Waals surface area contributed by atoms with Crippen molar-refractivity contribution in [1.82, 2.24) is 4.90 Å². The molecule has 114 valence electrons. The molecule has 0 aliphatic heterocycles. The van der Waals surface area contributed by atoms with E-state index in [4.69, 9.17) is 5.11 Å². The molecule has 0 aliphatic carbocycles. The fourth-order valence-electron chi connectivity index (χ4n) is 1.73. The number of nitrogens with zero attached hydrogens (tertiary/aromatic N) is 1. The second-order valence-corrected chi connectivity index (χ2v) is 4.56. The van der Waals surface area contributed by atoms with Crippen molar-refractivity contribution >= 4 is 11.9 Å². The Labute approximate surface area is 121 Å². The van der Waals surface area contributed by atoms with Crippen molar-refractivity contribution in [1.29, 1.82) is 0 Å². The highest BCUT2D eigenvalue weighted by Gasteiger charge is 2.19. The molecule has 0 unspecified atom stereocenters. The van der Waals surface area contributed by atoms with Crippen LogP contribution in [0.4, 0.5) is 8.78 Å². The molecule has 21 heavy (non-hydrogen) atoms. The summed E-state index contributed by atoms with van der Waals surface area (Å²) in [6.07, 6.45) is 1.32. The van der Waals surface area contributed by atoms with E-state index in [0.717, 1.165) is 6.07 Å². The molecule has 1 amide bonds. The fraction of sp³-hybridized carbons (Fsp3) is 0.333. The number of hydrogen-bond donors (Lipinski definition) is 1. The van der Waals surface area contributed by atoms with Crippen LogP contribution in [0.25, 0.3) is 0 Å². The SMILES string of the molecule is CC=C(C)C(=O)N(CCC(=O)O)Cc1cccc(F)c1F. The third-order valence-electron chi connectivity index (χ3n) is 3.05. The van der Waals surface area contributed by atoms with E-state index in [-0.39, 0.29) is 25.1 Å². The molecule has 0 atom stereocenters. The van der Waals surface area contributed by atoms with Crippen LogP contribution in [0.2, 0.25) is 0 Å².